The summed E-state index contributed by atoms with van der Waals surface area (Å²) in [5.41, 5.74) is 3.32. The number of allylic oxidation sites excluding steroid dienone is 6. The van der Waals surface area contributed by atoms with Gasteiger partial charge in [-0.05, 0) is 61.0 Å². The summed E-state index contributed by atoms with van der Waals surface area (Å²) in [4.78, 5) is 0. The number of aliphatic hydroxyl groups excluding tert-OH is 2. The third-order valence-electron chi connectivity index (χ3n) is 6.29. The van der Waals surface area contributed by atoms with E-state index in [1.165, 1.54) is 18.4 Å². The van der Waals surface area contributed by atoms with Crippen molar-refractivity contribution in [3.05, 3.63) is 35.5 Å². The third kappa shape index (κ3) is 1.71. The van der Waals surface area contributed by atoms with Gasteiger partial charge in [0.15, 0.2) is 0 Å². The molecule has 0 spiro atoms. The molecule has 0 amide bonds. The van der Waals surface area contributed by atoms with Gasteiger partial charge >= 0.3 is 0 Å². The largest absolute Gasteiger partial charge is 0.390 e. The molecule has 4 rings (SSSR count). The molecule has 0 aromatic heterocycles. The predicted octanol–water partition coefficient (Wildman–Crippen LogP) is 2.98. The number of rotatable bonds is 0. The van der Waals surface area contributed by atoms with Gasteiger partial charge in [0.25, 0.3) is 0 Å². The number of aliphatic hydroxyl groups is 2. The molecule has 0 radical (unpaired) electrons. The lowest BCUT2D eigenvalue weighted by Crippen LogP contribution is -2.45. The number of fused-ring (bicyclic) bond motifs is 5. The monoisotopic (exact) mass is 272 g/mol. The first-order chi connectivity index (χ1) is 9.58. The molecule has 20 heavy (non-hydrogen) atoms. The lowest BCUT2D eigenvalue weighted by molar-refractivity contribution is -0.0602. The first-order valence-corrected chi connectivity index (χ1v) is 8.05. The Hall–Kier alpha value is -0.860. The van der Waals surface area contributed by atoms with E-state index in [9.17, 15) is 10.2 Å². The normalized spacial score (nSPS) is 49.9. The molecule has 2 N–H and O–H groups in total. The van der Waals surface area contributed by atoms with E-state index in [0.29, 0.717) is 17.8 Å². The fourth-order valence-electron chi connectivity index (χ4n) is 5.11. The second-order valence-electron chi connectivity index (χ2n) is 7.43. The van der Waals surface area contributed by atoms with Crippen molar-refractivity contribution in [3.63, 3.8) is 0 Å². The molecule has 108 valence electrons. The summed E-state index contributed by atoms with van der Waals surface area (Å²) in [6, 6.07) is 0. The number of hydrogen-bond donors (Lipinski definition) is 2. The fraction of sp³-hybridized carbons (Fsp3) is 0.667. The molecule has 2 saturated carbocycles. The molecule has 6 atom stereocenters. The summed E-state index contributed by atoms with van der Waals surface area (Å²) in [6.45, 7) is 2.35. The van der Waals surface area contributed by atoms with Gasteiger partial charge in [0.1, 0.15) is 0 Å². The van der Waals surface area contributed by atoms with E-state index in [1.54, 1.807) is 5.57 Å². The molecular formula is C18H24O2. The predicted molar refractivity (Wildman–Crippen MR) is 79.0 cm³/mol. The van der Waals surface area contributed by atoms with Gasteiger partial charge in [-0.3, -0.25) is 0 Å². The minimum absolute atomic E-state index is 0.252. The Balaban J connectivity index is 1.67. The summed E-state index contributed by atoms with van der Waals surface area (Å²) in [5.74, 6) is 1.75. The first kappa shape index (κ1) is 12.8. The molecular weight excluding hydrogens is 248 g/mol. The van der Waals surface area contributed by atoms with Gasteiger partial charge < -0.3 is 10.2 Å². The maximum Gasteiger partial charge on any atom is 0.0802 e. The Morgan fingerprint density at radius 1 is 1.20 bits per heavy atom. The standard InChI is InChI=1S/C18H24O2/c1-18-7-2-3-15(18)13-5-4-11-9-16(19)17(20)10-14(11)12(13)6-8-18/h2-3,5,7,11-12,14,16-17,19-20H,4,6,8-10H2,1H3/t11?,12-,14-,16?,17?,18-/m0/s1. The summed E-state index contributed by atoms with van der Waals surface area (Å²) in [7, 11) is 0. The topological polar surface area (TPSA) is 40.5 Å². The van der Waals surface area contributed by atoms with Crippen LogP contribution in [0.3, 0.4) is 0 Å². The molecule has 0 aromatic carbocycles. The van der Waals surface area contributed by atoms with Crippen LogP contribution < -0.4 is 0 Å². The molecule has 2 nitrogen and oxygen atoms in total. The van der Waals surface area contributed by atoms with Crippen molar-refractivity contribution in [2.75, 3.05) is 0 Å². The molecule has 4 aliphatic rings. The van der Waals surface area contributed by atoms with Crippen LogP contribution in [0.1, 0.15) is 39.0 Å². The lowest BCUT2D eigenvalue weighted by Gasteiger charge is -2.49. The molecule has 0 bridgehead atoms. The van der Waals surface area contributed by atoms with E-state index in [1.807, 2.05) is 0 Å². The van der Waals surface area contributed by atoms with Gasteiger partial charge in [0.2, 0.25) is 0 Å². The third-order valence-corrected chi connectivity index (χ3v) is 6.29. The highest BCUT2D eigenvalue weighted by Gasteiger charge is 2.47. The van der Waals surface area contributed by atoms with Crippen LogP contribution in [0.15, 0.2) is 35.5 Å². The molecule has 3 unspecified atom stereocenters. The Labute approximate surface area is 120 Å². The van der Waals surface area contributed by atoms with Gasteiger partial charge in [0.05, 0.1) is 12.2 Å². The van der Waals surface area contributed by atoms with Crippen LogP contribution in [0.25, 0.3) is 0 Å². The second kappa shape index (κ2) is 4.32. The minimum Gasteiger partial charge on any atom is -0.390 e. The molecule has 0 saturated heterocycles. The van der Waals surface area contributed by atoms with E-state index < -0.39 is 12.2 Å². The van der Waals surface area contributed by atoms with Gasteiger partial charge in [-0.2, -0.15) is 0 Å². The van der Waals surface area contributed by atoms with Crippen LogP contribution in [0.5, 0.6) is 0 Å². The van der Waals surface area contributed by atoms with Crippen molar-refractivity contribution in [3.8, 4) is 0 Å². The summed E-state index contributed by atoms with van der Waals surface area (Å²) in [5, 5.41) is 20.0. The zero-order valence-corrected chi connectivity index (χ0v) is 12.1. The lowest BCUT2D eigenvalue weighted by atomic mass is 9.56. The molecule has 0 aromatic rings. The quantitative estimate of drug-likeness (QED) is 0.711. The summed E-state index contributed by atoms with van der Waals surface area (Å²) < 4.78 is 0. The van der Waals surface area contributed by atoms with Gasteiger partial charge in [-0.25, -0.2) is 0 Å². The van der Waals surface area contributed by atoms with Crippen molar-refractivity contribution in [2.45, 2.75) is 51.2 Å². The molecule has 4 aliphatic carbocycles. The Kier molecular flexibility index (Phi) is 2.77. The summed E-state index contributed by atoms with van der Waals surface area (Å²) in [6.07, 6.45) is 13.4. The highest BCUT2D eigenvalue weighted by Crippen LogP contribution is 2.56. The highest BCUT2D eigenvalue weighted by atomic mass is 16.3. The highest BCUT2D eigenvalue weighted by molar-refractivity contribution is 5.50. The van der Waals surface area contributed by atoms with Crippen molar-refractivity contribution < 1.29 is 10.2 Å². The van der Waals surface area contributed by atoms with Crippen molar-refractivity contribution in [2.24, 2.45) is 23.2 Å². The van der Waals surface area contributed by atoms with Crippen molar-refractivity contribution in [1.82, 2.24) is 0 Å². The van der Waals surface area contributed by atoms with E-state index in [-0.39, 0.29) is 5.41 Å². The van der Waals surface area contributed by atoms with Crippen molar-refractivity contribution in [1.29, 1.82) is 0 Å². The Morgan fingerprint density at radius 2 is 2.00 bits per heavy atom. The maximum atomic E-state index is 10.0. The van der Waals surface area contributed by atoms with Crippen LogP contribution in [0, 0.1) is 23.2 Å². The van der Waals surface area contributed by atoms with Crippen molar-refractivity contribution >= 4 is 0 Å². The SMILES string of the molecule is C[C@@]12C=CC=C1C1=CCC3CC(O)C(O)C[C@@H]3[C@H]1CC2. The van der Waals surface area contributed by atoms with E-state index in [2.05, 4.69) is 31.2 Å². The fourth-order valence-corrected chi connectivity index (χ4v) is 5.11. The molecule has 0 heterocycles. The molecule has 2 fully saturated rings. The minimum atomic E-state index is -0.514. The average molecular weight is 272 g/mol. The van der Waals surface area contributed by atoms with Gasteiger partial charge in [-0.15, -0.1) is 0 Å². The summed E-state index contributed by atoms with van der Waals surface area (Å²) >= 11 is 0. The smallest absolute Gasteiger partial charge is 0.0802 e. The van der Waals surface area contributed by atoms with Crippen LogP contribution in [-0.4, -0.2) is 22.4 Å². The maximum absolute atomic E-state index is 10.0. The number of hydrogen-bond acceptors (Lipinski definition) is 2. The van der Waals surface area contributed by atoms with Crippen LogP contribution in [-0.2, 0) is 0 Å². The van der Waals surface area contributed by atoms with Crippen LogP contribution >= 0.6 is 0 Å². The average Bonchev–Trinajstić information content (AvgIpc) is 2.82. The zero-order chi connectivity index (χ0) is 13.9. The van der Waals surface area contributed by atoms with E-state index >= 15 is 0 Å². The molecule has 0 aliphatic heterocycles. The van der Waals surface area contributed by atoms with Gasteiger partial charge in [0, 0.05) is 5.41 Å². The van der Waals surface area contributed by atoms with Crippen LogP contribution in [0.4, 0.5) is 0 Å². The van der Waals surface area contributed by atoms with Crippen LogP contribution in [0.2, 0.25) is 0 Å². The molecule has 2 heteroatoms. The Morgan fingerprint density at radius 3 is 2.85 bits per heavy atom. The zero-order valence-electron chi connectivity index (χ0n) is 12.1. The van der Waals surface area contributed by atoms with Gasteiger partial charge in [-0.1, -0.05) is 31.2 Å². The van der Waals surface area contributed by atoms with E-state index in [4.69, 9.17) is 0 Å². The van der Waals surface area contributed by atoms with E-state index in [0.717, 1.165) is 19.3 Å². The second-order valence-corrected chi connectivity index (χ2v) is 7.43. The first-order valence-electron chi connectivity index (χ1n) is 8.05. The Bertz CT molecular complexity index is 516.